The predicted molar refractivity (Wildman–Crippen MR) is 270 cm³/mol. The molecule has 0 radical (unpaired) electrons. The number of hydrogen-bond acceptors (Lipinski definition) is 1. The van der Waals surface area contributed by atoms with Crippen molar-refractivity contribution >= 4 is 70.9 Å². The normalized spacial score (nSPS) is 11.5. The molecule has 12 aromatic carbocycles. The SMILES string of the molecule is c1ccc(-c2c(-c3ccccc3)c3cc(-c4cccc(N(c5cccc(-c6ccc7ccccc7c6)c5)c5cccc6c5ccc5ccccc56)c4)ccc3c3ccccc23)cc1. The molecule has 294 valence electrons. The van der Waals surface area contributed by atoms with Crippen molar-refractivity contribution in [2.45, 2.75) is 0 Å². The van der Waals surface area contributed by atoms with Gasteiger partial charge in [0.25, 0.3) is 0 Å². The van der Waals surface area contributed by atoms with Crippen molar-refractivity contribution in [1.29, 1.82) is 0 Å². The molecule has 0 aromatic heterocycles. The van der Waals surface area contributed by atoms with E-state index in [1.165, 1.54) is 92.8 Å². The highest BCUT2D eigenvalue weighted by Crippen LogP contribution is 2.47. The van der Waals surface area contributed by atoms with E-state index in [0.717, 1.165) is 22.6 Å². The van der Waals surface area contributed by atoms with E-state index in [1.807, 2.05) is 0 Å². The largest absolute Gasteiger partial charge is 0.310 e. The fraction of sp³-hybridized carbons (Fsp3) is 0. The van der Waals surface area contributed by atoms with Crippen molar-refractivity contribution < 1.29 is 0 Å². The van der Waals surface area contributed by atoms with E-state index in [9.17, 15) is 0 Å². The number of nitrogens with zero attached hydrogens (tertiary/aromatic N) is 1. The molecule has 0 heterocycles. The molecule has 0 bridgehead atoms. The van der Waals surface area contributed by atoms with Gasteiger partial charge in [0.1, 0.15) is 0 Å². The molecular weight excluding hydrogens is 759 g/mol. The number of rotatable bonds is 7. The van der Waals surface area contributed by atoms with E-state index in [4.69, 9.17) is 0 Å². The highest BCUT2D eigenvalue weighted by atomic mass is 15.1. The van der Waals surface area contributed by atoms with Crippen LogP contribution in [0.2, 0.25) is 0 Å². The second-order valence-corrected chi connectivity index (χ2v) is 16.4. The quantitative estimate of drug-likeness (QED) is 0.145. The third kappa shape index (κ3) is 6.42. The Labute approximate surface area is 367 Å². The van der Waals surface area contributed by atoms with Crippen LogP contribution in [0.4, 0.5) is 17.1 Å². The van der Waals surface area contributed by atoms with Gasteiger partial charge in [0.05, 0.1) is 5.69 Å². The van der Waals surface area contributed by atoms with Crippen LogP contribution in [-0.2, 0) is 0 Å². The molecule has 12 aromatic rings. The van der Waals surface area contributed by atoms with Crippen LogP contribution < -0.4 is 4.90 Å². The molecule has 0 aliphatic heterocycles. The highest BCUT2D eigenvalue weighted by Gasteiger charge is 2.20. The van der Waals surface area contributed by atoms with Crippen LogP contribution in [0.3, 0.4) is 0 Å². The highest BCUT2D eigenvalue weighted by molar-refractivity contribution is 6.22. The monoisotopic (exact) mass is 799 g/mol. The Morgan fingerprint density at radius 1 is 0.206 bits per heavy atom. The molecule has 0 aliphatic carbocycles. The van der Waals surface area contributed by atoms with E-state index < -0.39 is 0 Å². The Kier molecular flexibility index (Phi) is 8.90. The summed E-state index contributed by atoms with van der Waals surface area (Å²) in [4.78, 5) is 2.45. The van der Waals surface area contributed by atoms with Crippen molar-refractivity contribution in [3.63, 3.8) is 0 Å². The van der Waals surface area contributed by atoms with Gasteiger partial charge in [-0.1, -0.05) is 206 Å². The predicted octanol–water partition coefficient (Wildman–Crippen LogP) is 17.6. The zero-order chi connectivity index (χ0) is 41.7. The van der Waals surface area contributed by atoms with Gasteiger partial charge >= 0.3 is 0 Å². The van der Waals surface area contributed by atoms with Crippen molar-refractivity contribution in [2.75, 3.05) is 4.90 Å². The average Bonchev–Trinajstić information content (AvgIpc) is 3.36. The number of benzene rings is 12. The van der Waals surface area contributed by atoms with Crippen LogP contribution in [0.1, 0.15) is 0 Å². The molecule has 0 unspecified atom stereocenters. The number of hydrogen-bond donors (Lipinski definition) is 0. The Morgan fingerprint density at radius 3 is 1.37 bits per heavy atom. The van der Waals surface area contributed by atoms with Crippen LogP contribution in [-0.4, -0.2) is 0 Å². The molecule has 0 amide bonds. The minimum absolute atomic E-state index is 1.09. The minimum Gasteiger partial charge on any atom is -0.310 e. The standard InChI is InChI=1S/C62H41N/c1-3-18-44(19-4-1)61-58-29-12-11-28-55(58)56-36-35-50(41-59(56)62(61)45-20-5-2-6-21-45)48-24-14-26-52(40-48)63(60-31-15-30-54-53-27-10-9-17-43(53)34-37-57(54)60)51-25-13-23-47(39-51)49-33-32-42-16-7-8-22-46(42)38-49/h1-41H. The second-order valence-electron chi connectivity index (χ2n) is 16.4. The Morgan fingerprint density at radius 2 is 0.651 bits per heavy atom. The van der Waals surface area contributed by atoms with Gasteiger partial charge in [-0.05, 0) is 135 Å². The molecule has 1 heteroatoms. The summed E-state index contributed by atoms with van der Waals surface area (Å²) in [6, 6.07) is 91.2. The number of fused-ring (bicyclic) bond motifs is 7. The van der Waals surface area contributed by atoms with Crippen LogP contribution in [0.25, 0.3) is 98.4 Å². The van der Waals surface area contributed by atoms with E-state index >= 15 is 0 Å². The first-order chi connectivity index (χ1) is 31.2. The summed E-state index contributed by atoms with van der Waals surface area (Å²) in [6.07, 6.45) is 0. The van der Waals surface area contributed by atoms with E-state index in [1.54, 1.807) is 0 Å². The lowest BCUT2D eigenvalue weighted by molar-refractivity contribution is 1.30. The van der Waals surface area contributed by atoms with Gasteiger partial charge in [-0.25, -0.2) is 0 Å². The lowest BCUT2D eigenvalue weighted by Gasteiger charge is -2.28. The average molecular weight is 800 g/mol. The van der Waals surface area contributed by atoms with E-state index in [2.05, 4.69) is 254 Å². The summed E-state index contributed by atoms with van der Waals surface area (Å²) < 4.78 is 0. The van der Waals surface area contributed by atoms with Crippen molar-refractivity contribution in [3.05, 3.63) is 249 Å². The van der Waals surface area contributed by atoms with Crippen LogP contribution in [0.5, 0.6) is 0 Å². The van der Waals surface area contributed by atoms with Gasteiger partial charge in [-0.3, -0.25) is 0 Å². The van der Waals surface area contributed by atoms with Crippen molar-refractivity contribution in [1.82, 2.24) is 0 Å². The summed E-state index contributed by atoms with van der Waals surface area (Å²) in [5.74, 6) is 0. The molecule has 63 heavy (non-hydrogen) atoms. The molecule has 0 spiro atoms. The molecule has 0 N–H and O–H groups in total. The lowest BCUT2D eigenvalue weighted by atomic mass is 9.84. The van der Waals surface area contributed by atoms with Crippen LogP contribution in [0, 0.1) is 0 Å². The molecule has 0 saturated carbocycles. The molecular formula is C62H41N. The fourth-order valence-corrected chi connectivity index (χ4v) is 9.84. The zero-order valence-corrected chi connectivity index (χ0v) is 34.6. The summed E-state index contributed by atoms with van der Waals surface area (Å²) in [7, 11) is 0. The summed E-state index contributed by atoms with van der Waals surface area (Å²) in [5.41, 5.74) is 13.0. The maximum absolute atomic E-state index is 2.45. The maximum atomic E-state index is 2.45. The van der Waals surface area contributed by atoms with Gasteiger partial charge in [0.2, 0.25) is 0 Å². The summed E-state index contributed by atoms with van der Waals surface area (Å²) in [5, 5.41) is 12.4. The van der Waals surface area contributed by atoms with Gasteiger partial charge < -0.3 is 4.90 Å². The Balaban J connectivity index is 1.07. The van der Waals surface area contributed by atoms with Crippen LogP contribution in [0.15, 0.2) is 249 Å². The van der Waals surface area contributed by atoms with Crippen LogP contribution >= 0.6 is 0 Å². The first-order valence-electron chi connectivity index (χ1n) is 21.7. The molecule has 0 fully saturated rings. The first-order valence-corrected chi connectivity index (χ1v) is 21.7. The Bertz CT molecular complexity index is 3680. The molecule has 0 saturated heterocycles. The smallest absolute Gasteiger partial charge is 0.0540 e. The maximum Gasteiger partial charge on any atom is 0.0540 e. The first kappa shape index (κ1) is 36.6. The van der Waals surface area contributed by atoms with E-state index in [0.29, 0.717) is 0 Å². The number of anilines is 3. The second kappa shape index (κ2) is 15.3. The topological polar surface area (TPSA) is 3.24 Å². The molecule has 0 atom stereocenters. The molecule has 1 nitrogen and oxygen atoms in total. The van der Waals surface area contributed by atoms with Crippen molar-refractivity contribution in [3.8, 4) is 44.5 Å². The molecule has 12 rings (SSSR count). The van der Waals surface area contributed by atoms with Crippen molar-refractivity contribution in [2.24, 2.45) is 0 Å². The summed E-state index contributed by atoms with van der Waals surface area (Å²) in [6.45, 7) is 0. The minimum atomic E-state index is 1.09. The fourth-order valence-electron chi connectivity index (χ4n) is 9.84. The van der Waals surface area contributed by atoms with Gasteiger partial charge in [0.15, 0.2) is 0 Å². The van der Waals surface area contributed by atoms with Gasteiger partial charge in [-0.15, -0.1) is 0 Å². The third-order valence-electron chi connectivity index (χ3n) is 12.8. The lowest BCUT2D eigenvalue weighted by Crippen LogP contribution is -2.10. The Hall–Kier alpha value is -8.26. The molecule has 0 aliphatic rings. The van der Waals surface area contributed by atoms with Gasteiger partial charge in [-0.2, -0.15) is 0 Å². The third-order valence-corrected chi connectivity index (χ3v) is 12.8. The zero-order valence-electron chi connectivity index (χ0n) is 34.6. The van der Waals surface area contributed by atoms with Gasteiger partial charge in [0, 0.05) is 16.8 Å². The summed E-state index contributed by atoms with van der Waals surface area (Å²) >= 11 is 0. The van der Waals surface area contributed by atoms with E-state index in [-0.39, 0.29) is 0 Å².